The van der Waals surface area contributed by atoms with E-state index in [1.807, 2.05) is 11.8 Å². The highest BCUT2D eigenvalue weighted by molar-refractivity contribution is 7.99. The molecule has 0 bridgehead atoms. The molecule has 14 heavy (non-hydrogen) atoms. The van der Waals surface area contributed by atoms with E-state index in [1.165, 1.54) is 24.3 Å². The molecular weight excluding hydrogens is 194 g/mol. The van der Waals surface area contributed by atoms with Crippen molar-refractivity contribution in [1.29, 1.82) is 0 Å². The molecule has 84 valence electrons. The number of ether oxygens (including phenoxy) is 1. The third kappa shape index (κ3) is 4.20. The summed E-state index contributed by atoms with van der Waals surface area (Å²) in [5.41, 5.74) is 0. The summed E-state index contributed by atoms with van der Waals surface area (Å²) in [4.78, 5) is 0. The van der Waals surface area contributed by atoms with Crippen LogP contribution in [0, 0.1) is 5.92 Å². The van der Waals surface area contributed by atoms with E-state index in [1.54, 1.807) is 0 Å². The zero-order valence-electron chi connectivity index (χ0n) is 9.42. The van der Waals surface area contributed by atoms with Gasteiger partial charge < -0.3 is 10.1 Å². The van der Waals surface area contributed by atoms with Gasteiger partial charge in [-0.25, -0.2) is 0 Å². The molecule has 1 saturated heterocycles. The third-order valence-corrected chi connectivity index (χ3v) is 3.74. The molecule has 1 heterocycles. The third-order valence-electron chi connectivity index (χ3n) is 2.73. The lowest BCUT2D eigenvalue weighted by molar-refractivity contribution is 0.0429. The summed E-state index contributed by atoms with van der Waals surface area (Å²) in [5.74, 6) is 3.19. The maximum Gasteiger partial charge on any atom is 0.0509 e. The van der Waals surface area contributed by atoms with Crippen molar-refractivity contribution in [2.45, 2.75) is 32.7 Å². The number of thioether (sulfide) groups is 1. The lowest BCUT2D eigenvalue weighted by atomic mass is 9.95. The quantitative estimate of drug-likeness (QED) is 0.736. The van der Waals surface area contributed by atoms with E-state index in [-0.39, 0.29) is 0 Å². The smallest absolute Gasteiger partial charge is 0.0509 e. The first-order valence-corrected chi connectivity index (χ1v) is 6.92. The first kappa shape index (κ1) is 12.3. The van der Waals surface area contributed by atoms with Gasteiger partial charge in [0.1, 0.15) is 0 Å². The summed E-state index contributed by atoms with van der Waals surface area (Å²) in [6, 6.07) is 0.658. The van der Waals surface area contributed by atoms with Crippen molar-refractivity contribution < 1.29 is 4.74 Å². The molecule has 2 atom stereocenters. The molecule has 1 fully saturated rings. The Kier molecular flexibility index (Phi) is 6.65. The Morgan fingerprint density at radius 3 is 2.93 bits per heavy atom. The molecule has 2 unspecified atom stereocenters. The van der Waals surface area contributed by atoms with Crippen LogP contribution < -0.4 is 5.32 Å². The highest BCUT2D eigenvalue weighted by Crippen LogP contribution is 2.20. The summed E-state index contributed by atoms with van der Waals surface area (Å²) in [6.45, 7) is 7.42. The maximum atomic E-state index is 5.54. The molecule has 1 aliphatic heterocycles. The van der Waals surface area contributed by atoms with Crippen LogP contribution >= 0.6 is 11.8 Å². The Morgan fingerprint density at radius 2 is 2.36 bits per heavy atom. The summed E-state index contributed by atoms with van der Waals surface area (Å²) >= 11 is 2.03. The Labute approximate surface area is 92.2 Å². The highest BCUT2D eigenvalue weighted by Gasteiger charge is 2.22. The second-order valence-corrected chi connectivity index (χ2v) is 5.12. The summed E-state index contributed by atoms with van der Waals surface area (Å²) in [6.07, 6.45) is 2.57. The predicted molar refractivity (Wildman–Crippen MR) is 64.0 cm³/mol. The van der Waals surface area contributed by atoms with E-state index in [4.69, 9.17) is 4.74 Å². The standard InChI is InChI=1S/C11H23NOS/c1-3-12-11(9-14-4-2)10-6-5-7-13-8-10/h10-12H,3-9H2,1-2H3. The monoisotopic (exact) mass is 217 g/mol. The van der Waals surface area contributed by atoms with Crippen LogP contribution in [-0.2, 0) is 4.74 Å². The highest BCUT2D eigenvalue weighted by atomic mass is 32.2. The number of nitrogens with one attached hydrogen (secondary N) is 1. The number of hydrogen-bond acceptors (Lipinski definition) is 3. The van der Waals surface area contributed by atoms with Gasteiger partial charge in [-0.3, -0.25) is 0 Å². The Bertz CT molecular complexity index is 137. The van der Waals surface area contributed by atoms with Gasteiger partial charge in [0.2, 0.25) is 0 Å². The normalized spacial score (nSPS) is 24.9. The topological polar surface area (TPSA) is 21.3 Å². The first-order valence-electron chi connectivity index (χ1n) is 5.77. The fourth-order valence-corrected chi connectivity index (χ4v) is 2.83. The average Bonchev–Trinajstić information content (AvgIpc) is 2.25. The van der Waals surface area contributed by atoms with Gasteiger partial charge >= 0.3 is 0 Å². The minimum absolute atomic E-state index is 0.658. The van der Waals surface area contributed by atoms with Crippen LogP contribution in [0.1, 0.15) is 26.7 Å². The van der Waals surface area contributed by atoms with E-state index in [0.29, 0.717) is 6.04 Å². The van der Waals surface area contributed by atoms with E-state index >= 15 is 0 Å². The van der Waals surface area contributed by atoms with E-state index < -0.39 is 0 Å². The number of hydrogen-bond donors (Lipinski definition) is 1. The van der Waals surface area contributed by atoms with E-state index in [2.05, 4.69) is 19.2 Å². The lowest BCUT2D eigenvalue weighted by Crippen LogP contribution is -2.42. The van der Waals surface area contributed by atoms with Crippen LogP contribution in [0.3, 0.4) is 0 Å². The number of rotatable bonds is 6. The van der Waals surface area contributed by atoms with Crippen LogP contribution in [0.25, 0.3) is 0 Å². The summed E-state index contributed by atoms with van der Waals surface area (Å²) < 4.78 is 5.54. The van der Waals surface area contributed by atoms with Gasteiger partial charge in [-0.05, 0) is 31.1 Å². The van der Waals surface area contributed by atoms with Crippen LogP contribution in [0.2, 0.25) is 0 Å². The van der Waals surface area contributed by atoms with Crippen molar-refractivity contribution in [3.05, 3.63) is 0 Å². The van der Waals surface area contributed by atoms with Crippen LogP contribution in [0.4, 0.5) is 0 Å². The molecule has 0 aromatic heterocycles. The zero-order chi connectivity index (χ0) is 10.2. The Morgan fingerprint density at radius 1 is 1.50 bits per heavy atom. The molecule has 3 heteroatoms. The van der Waals surface area contributed by atoms with Gasteiger partial charge in [0.05, 0.1) is 6.61 Å². The molecule has 0 saturated carbocycles. The molecule has 0 spiro atoms. The van der Waals surface area contributed by atoms with Crippen LogP contribution in [-0.4, -0.2) is 37.3 Å². The molecule has 1 rings (SSSR count). The molecular formula is C11H23NOS. The molecule has 2 nitrogen and oxygen atoms in total. The van der Waals surface area contributed by atoms with Gasteiger partial charge in [0, 0.05) is 18.4 Å². The second kappa shape index (κ2) is 7.55. The Balaban J connectivity index is 2.30. The van der Waals surface area contributed by atoms with Gasteiger partial charge in [-0.15, -0.1) is 0 Å². The lowest BCUT2D eigenvalue weighted by Gasteiger charge is -2.30. The van der Waals surface area contributed by atoms with E-state index in [0.717, 1.165) is 25.7 Å². The minimum atomic E-state index is 0.658. The molecule has 0 aromatic rings. The van der Waals surface area contributed by atoms with Crippen molar-refractivity contribution in [3.8, 4) is 0 Å². The molecule has 0 aliphatic carbocycles. The van der Waals surface area contributed by atoms with Gasteiger partial charge in [0.15, 0.2) is 0 Å². The SMILES string of the molecule is CCNC(CSCC)C1CCCOC1. The fourth-order valence-electron chi connectivity index (χ4n) is 1.95. The van der Waals surface area contributed by atoms with Crippen molar-refractivity contribution in [2.75, 3.05) is 31.3 Å². The van der Waals surface area contributed by atoms with Gasteiger partial charge in [-0.2, -0.15) is 11.8 Å². The molecule has 0 aromatic carbocycles. The molecule has 1 N–H and O–H groups in total. The second-order valence-electron chi connectivity index (χ2n) is 3.80. The average molecular weight is 217 g/mol. The molecule has 0 radical (unpaired) electrons. The van der Waals surface area contributed by atoms with Crippen molar-refractivity contribution in [2.24, 2.45) is 5.92 Å². The fraction of sp³-hybridized carbons (Fsp3) is 1.00. The zero-order valence-corrected chi connectivity index (χ0v) is 10.2. The predicted octanol–water partition coefficient (Wildman–Crippen LogP) is 2.14. The van der Waals surface area contributed by atoms with Crippen LogP contribution in [0.15, 0.2) is 0 Å². The summed E-state index contributed by atoms with van der Waals surface area (Å²) in [5, 5.41) is 3.59. The van der Waals surface area contributed by atoms with E-state index in [9.17, 15) is 0 Å². The maximum absolute atomic E-state index is 5.54. The first-order chi connectivity index (χ1) is 6.88. The van der Waals surface area contributed by atoms with Gasteiger partial charge in [-0.1, -0.05) is 13.8 Å². The van der Waals surface area contributed by atoms with Crippen LogP contribution in [0.5, 0.6) is 0 Å². The molecule has 1 aliphatic rings. The Hall–Kier alpha value is 0.270. The van der Waals surface area contributed by atoms with Crippen molar-refractivity contribution in [1.82, 2.24) is 5.32 Å². The summed E-state index contributed by atoms with van der Waals surface area (Å²) in [7, 11) is 0. The largest absolute Gasteiger partial charge is 0.381 e. The van der Waals surface area contributed by atoms with Crippen molar-refractivity contribution >= 4 is 11.8 Å². The van der Waals surface area contributed by atoms with Gasteiger partial charge in [0.25, 0.3) is 0 Å². The minimum Gasteiger partial charge on any atom is -0.381 e. The molecule has 0 amide bonds. The van der Waals surface area contributed by atoms with Crippen molar-refractivity contribution in [3.63, 3.8) is 0 Å².